The lowest BCUT2D eigenvalue weighted by Gasteiger charge is -2.11. The van der Waals surface area contributed by atoms with Crippen LogP contribution in [0.15, 0.2) is 36.8 Å². The van der Waals surface area contributed by atoms with Gasteiger partial charge in [0.2, 0.25) is 5.88 Å². The number of amides is 2. The van der Waals surface area contributed by atoms with Crippen LogP contribution in [0.2, 0.25) is 0 Å². The minimum Gasteiger partial charge on any atom is -0.476 e. The Balaban J connectivity index is 2.04. The number of aromatic amines is 1. The third-order valence-electron chi connectivity index (χ3n) is 3.58. The number of pyridine rings is 2. The fraction of sp³-hybridized carbons (Fsp3) is 0.118. The molecule has 0 bridgehead atoms. The molecule has 6 N–H and O–H groups in total. The van der Waals surface area contributed by atoms with Gasteiger partial charge in [0.1, 0.15) is 17.1 Å². The van der Waals surface area contributed by atoms with Crippen molar-refractivity contribution >= 4 is 23.2 Å². The first kappa shape index (κ1) is 17.9. The molecule has 3 aromatic rings. The topological polar surface area (TPSA) is 162 Å². The smallest absolute Gasteiger partial charge is 0.267 e. The van der Waals surface area contributed by atoms with E-state index >= 15 is 0 Å². The van der Waals surface area contributed by atoms with Crippen LogP contribution in [0.5, 0.6) is 5.88 Å². The molecule has 3 rings (SSSR count). The van der Waals surface area contributed by atoms with E-state index in [4.69, 9.17) is 16.2 Å². The largest absolute Gasteiger partial charge is 0.476 e. The summed E-state index contributed by atoms with van der Waals surface area (Å²) in [6, 6.07) is 4.90. The third kappa shape index (κ3) is 3.68. The van der Waals surface area contributed by atoms with Crippen LogP contribution in [-0.4, -0.2) is 38.6 Å². The van der Waals surface area contributed by atoms with Crippen LogP contribution in [0, 0.1) is 0 Å². The van der Waals surface area contributed by atoms with Crippen molar-refractivity contribution in [2.75, 3.05) is 17.7 Å². The third-order valence-corrected chi connectivity index (χ3v) is 3.58. The van der Waals surface area contributed by atoms with Crippen LogP contribution in [-0.2, 0) is 0 Å². The summed E-state index contributed by atoms with van der Waals surface area (Å²) in [6.45, 7) is 2.13. The minimum atomic E-state index is -0.821. The van der Waals surface area contributed by atoms with E-state index in [1.165, 1.54) is 18.5 Å². The monoisotopic (exact) mass is 367 g/mol. The Hall–Kier alpha value is -3.95. The van der Waals surface area contributed by atoms with Crippen molar-refractivity contribution in [3.63, 3.8) is 0 Å². The van der Waals surface area contributed by atoms with Crippen LogP contribution in [0.1, 0.15) is 27.8 Å². The predicted octanol–water partition coefficient (Wildman–Crippen LogP) is 1.20. The highest BCUT2D eigenvalue weighted by molar-refractivity contribution is 6.14. The van der Waals surface area contributed by atoms with Gasteiger partial charge in [-0.1, -0.05) is 0 Å². The average molecular weight is 367 g/mol. The Morgan fingerprint density at radius 1 is 1.33 bits per heavy atom. The molecule has 27 heavy (non-hydrogen) atoms. The number of anilines is 2. The minimum absolute atomic E-state index is 0.0135. The van der Waals surface area contributed by atoms with Gasteiger partial charge >= 0.3 is 0 Å². The molecule has 0 fully saturated rings. The van der Waals surface area contributed by atoms with E-state index in [0.717, 1.165) is 0 Å². The number of primary amides is 1. The molecular formula is C17H17N7O3. The van der Waals surface area contributed by atoms with Gasteiger partial charge < -0.3 is 21.5 Å². The summed E-state index contributed by atoms with van der Waals surface area (Å²) < 4.78 is 5.40. The maximum absolute atomic E-state index is 12.9. The Morgan fingerprint density at radius 2 is 2.15 bits per heavy atom. The first-order valence-corrected chi connectivity index (χ1v) is 7.99. The number of aromatic nitrogens is 4. The summed E-state index contributed by atoms with van der Waals surface area (Å²) in [7, 11) is 0. The van der Waals surface area contributed by atoms with Gasteiger partial charge in [-0.15, -0.1) is 0 Å². The number of carbonyl (C=O) groups is 2. The number of nitrogens with one attached hydrogen (secondary N) is 2. The molecule has 3 heterocycles. The Kier molecular flexibility index (Phi) is 4.97. The Morgan fingerprint density at radius 3 is 2.81 bits per heavy atom. The second-order valence-corrected chi connectivity index (χ2v) is 5.44. The highest BCUT2D eigenvalue weighted by atomic mass is 16.5. The molecular weight excluding hydrogens is 350 g/mol. The number of nitrogen functional groups attached to an aromatic ring is 1. The van der Waals surface area contributed by atoms with E-state index in [2.05, 4.69) is 25.5 Å². The van der Waals surface area contributed by atoms with Gasteiger partial charge in [-0.2, -0.15) is 5.10 Å². The fourth-order valence-electron chi connectivity index (χ4n) is 2.45. The molecule has 0 aliphatic carbocycles. The molecule has 0 aliphatic rings. The lowest BCUT2D eigenvalue weighted by Crippen LogP contribution is -2.21. The molecule has 2 amide bonds. The number of nitrogens with zero attached hydrogens (tertiary/aromatic N) is 3. The molecule has 0 radical (unpaired) electrons. The Bertz CT molecular complexity index is 985. The van der Waals surface area contributed by atoms with Crippen molar-refractivity contribution in [3.8, 4) is 17.1 Å². The summed E-state index contributed by atoms with van der Waals surface area (Å²) in [5.74, 6) is -1.24. The molecule has 0 atom stereocenters. The van der Waals surface area contributed by atoms with Crippen LogP contribution in [0.4, 0.5) is 11.4 Å². The quantitative estimate of drug-likeness (QED) is 0.508. The van der Waals surface area contributed by atoms with E-state index < -0.39 is 11.8 Å². The summed E-state index contributed by atoms with van der Waals surface area (Å²) >= 11 is 0. The average Bonchev–Trinajstić information content (AvgIpc) is 3.10. The molecule has 138 valence electrons. The second kappa shape index (κ2) is 7.52. The maximum Gasteiger partial charge on any atom is 0.267 e. The Labute approximate surface area is 154 Å². The molecule has 10 nitrogen and oxygen atoms in total. The van der Waals surface area contributed by atoms with Crippen LogP contribution >= 0.6 is 0 Å². The van der Waals surface area contributed by atoms with Crippen molar-refractivity contribution in [2.45, 2.75) is 6.92 Å². The summed E-state index contributed by atoms with van der Waals surface area (Å²) in [4.78, 5) is 32.7. The molecule has 0 aromatic carbocycles. The summed E-state index contributed by atoms with van der Waals surface area (Å²) in [5, 5.41) is 9.20. The van der Waals surface area contributed by atoms with E-state index in [-0.39, 0.29) is 28.5 Å². The number of carbonyl (C=O) groups excluding carboxylic acids is 2. The number of ether oxygens (including phenoxy) is 1. The molecule has 0 saturated carbocycles. The van der Waals surface area contributed by atoms with Gasteiger partial charge in [0.25, 0.3) is 11.8 Å². The zero-order chi connectivity index (χ0) is 19.4. The lowest BCUT2D eigenvalue weighted by molar-refractivity contribution is 0.0974. The van der Waals surface area contributed by atoms with Crippen LogP contribution in [0.25, 0.3) is 11.3 Å². The second-order valence-electron chi connectivity index (χ2n) is 5.44. The molecule has 0 saturated heterocycles. The number of nitrogens with two attached hydrogens (primary N) is 2. The van der Waals surface area contributed by atoms with E-state index in [1.807, 2.05) is 0 Å². The number of H-pyrrole nitrogens is 1. The molecule has 3 aromatic heterocycles. The predicted molar refractivity (Wildman–Crippen MR) is 98.1 cm³/mol. The van der Waals surface area contributed by atoms with Gasteiger partial charge in [-0.25, -0.2) is 4.98 Å². The van der Waals surface area contributed by atoms with E-state index in [9.17, 15) is 9.59 Å². The fourth-order valence-corrected chi connectivity index (χ4v) is 2.45. The zero-order valence-electron chi connectivity index (χ0n) is 14.4. The summed E-state index contributed by atoms with van der Waals surface area (Å²) in [6.07, 6.45) is 4.51. The van der Waals surface area contributed by atoms with Crippen LogP contribution < -0.4 is 21.5 Å². The van der Waals surface area contributed by atoms with Crippen molar-refractivity contribution < 1.29 is 14.3 Å². The zero-order valence-corrected chi connectivity index (χ0v) is 14.4. The number of rotatable bonds is 6. The first-order valence-electron chi connectivity index (χ1n) is 7.99. The van der Waals surface area contributed by atoms with Crippen molar-refractivity contribution in [1.82, 2.24) is 20.2 Å². The maximum atomic E-state index is 12.9. The summed E-state index contributed by atoms with van der Waals surface area (Å²) in [5.41, 5.74) is 12.4. The van der Waals surface area contributed by atoms with Gasteiger partial charge in [0.05, 0.1) is 24.1 Å². The van der Waals surface area contributed by atoms with Crippen molar-refractivity contribution in [3.05, 3.63) is 48.0 Å². The van der Waals surface area contributed by atoms with Crippen molar-refractivity contribution in [1.29, 1.82) is 0 Å². The standard InChI is InChI=1S/C17H17N7O3/c1-2-27-17-11(6-10(18)8-21-17)22-16(26)12-13(9-4-3-5-20-7-9)23-24-14(12)15(19)25/h3-8H,2,18H2,1H3,(H2,19,25)(H,22,26)(H,23,24). The lowest BCUT2D eigenvalue weighted by atomic mass is 10.1. The first-order chi connectivity index (χ1) is 13.0. The van der Waals surface area contributed by atoms with Crippen LogP contribution in [0.3, 0.4) is 0 Å². The molecule has 0 aliphatic heterocycles. The molecule has 0 unspecified atom stereocenters. The normalized spacial score (nSPS) is 10.4. The van der Waals surface area contributed by atoms with Gasteiger partial charge in [-0.3, -0.25) is 19.7 Å². The van der Waals surface area contributed by atoms with E-state index in [0.29, 0.717) is 17.9 Å². The van der Waals surface area contributed by atoms with Gasteiger partial charge in [0, 0.05) is 18.0 Å². The van der Waals surface area contributed by atoms with Gasteiger partial charge in [-0.05, 0) is 25.1 Å². The number of hydrogen-bond acceptors (Lipinski definition) is 7. The van der Waals surface area contributed by atoms with Gasteiger partial charge in [0.15, 0.2) is 0 Å². The SMILES string of the molecule is CCOc1ncc(N)cc1NC(=O)c1c(-c2cccnc2)n[nH]c1C(N)=O. The van der Waals surface area contributed by atoms with Crippen molar-refractivity contribution in [2.24, 2.45) is 5.73 Å². The highest BCUT2D eigenvalue weighted by Crippen LogP contribution is 2.28. The highest BCUT2D eigenvalue weighted by Gasteiger charge is 2.25. The van der Waals surface area contributed by atoms with E-state index in [1.54, 1.807) is 25.3 Å². The number of hydrogen-bond donors (Lipinski definition) is 4. The molecule has 0 spiro atoms. The molecule has 10 heteroatoms.